The van der Waals surface area contributed by atoms with Crippen LogP contribution in [0.1, 0.15) is 30.9 Å². The first-order valence-corrected chi connectivity index (χ1v) is 7.18. The fourth-order valence-electron chi connectivity index (χ4n) is 2.80. The van der Waals surface area contributed by atoms with E-state index in [1.165, 1.54) is 5.56 Å². The molecule has 2 fully saturated rings. The second-order valence-electron chi connectivity index (χ2n) is 5.03. The molecule has 1 saturated heterocycles. The van der Waals surface area contributed by atoms with Crippen molar-refractivity contribution in [3.8, 4) is 0 Å². The van der Waals surface area contributed by atoms with Crippen molar-refractivity contribution in [3.05, 3.63) is 22.4 Å². The van der Waals surface area contributed by atoms with Crippen LogP contribution in [-0.4, -0.2) is 28.4 Å². The minimum absolute atomic E-state index is 0.0381. The Hall–Kier alpha value is -1.36. The van der Waals surface area contributed by atoms with Gasteiger partial charge in [-0.05, 0) is 41.7 Å². The lowest BCUT2D eigenvalue weighted by Gasteiger charge is -2.24. The molecule has 4 nitrogen and oxygen atoms in total. The third kappa shape index (κ3) is 1.92. The lowest BCUT2D eigenvalue weighted by atomic mass is 10.1. The molecule has 0 radical (unpaired) electrons. The summed E-state index contributed by atoms with van der Waals surface area (Å²) in [6, 6.07) is 2.22. The molecule has 1 amide bonds. The molecule has 0 aromatic carbocycles. The zero-order valence-electron chi connectivity index (χ0n) is 9.91. The van der Waals surface area contributed by atoms with Crippen molar-refractivity contribution in [3.63, 3.8) is 0 Å². The number of amides is 1. The molecule has 2 heterocycles. The van der Waals surface area contributed by atoms with Crippen LogP contribution in [0.15, 0.2) is 16.8 Å². The van der Waals surface area contributed by atoms with Gasteiger partial charge in [-0.15, -0.1) is 0 Å². The normalized spacial score (nSPS) is 30.4. The van der Waals surface area contributed by atoms with Crippen LogP contribution >= 0.6 is 11.3 Å². The van der Waals surface area contributed by atoms with Gasteiger partial charge in [0.15, 0.2) is 0 Å². The number of hydrogen-bond acceptors (Lipinski definition) is 3. The molecule has 1 aliphatic carbocycles. The van der Waals surface area contributed by atoms with E-state index in [-0.39, 0.29) is 17.9 Å². The SMILES string of the molecule is O=C(O)[C@@H]1C[C@H]1C(=O)N1CCC[C@@H]1c1ccsc1. The van der Waals surface area contributed by atoms with Crippen LogP contribution in [0.5, 0.6) is 0 Å². The topological polar surface area (TPSA) is 57.6 Å². The summed E-state index contributed by atoms with van der Waals surface area (Å²) in [5.41, 5.74) is 1.19. The number of carbonyl (C=O) groups excluding carboxylic acids is 1. The van der Waals surface area contributed by atoms with Gasteiger partial charge in [0.25, 0.3) is 0 Å². The average Bonchev–Trinajstić information content (AvgIpc) is 2.78. The molecule has 3 rings (SSSR count). The van der Waals surface area contributed by atoms with Crippen LogP contribution in [0.3, 0.4) is 0 Å². The van der Waals surface area contributed by atoms with Gasteiger partial charge >= 0.3 is 5.97 Å². The number of rotatable bonds is 3. The Morgan fingerprint density at radius 3 is 2.83 bits per heavy atom. The van der Waals surface area contributed by atoms with E-state index in [0.717, 1.165) is 19.4 Å². The van der Waals surface area contributed by atoms with Crippen LogP contribution in [0.25, 0.3) is 0 Å². The van der Waals surface area contributed by atoms with Crippen molar-refractivity contribution in [1.82, 2.24) is 4.90 Å². The Morgan fingerprint density at radius 1 is 1.39 bits per heavy atom. The van der Waals surface area contributed by atoms with Crippen LogP contribution in [0, 0.1) is 11.8 Å². The molecular formula is C13H15NO3S. The molecule has 1 aromatic heterocycles. The predicted octanol–water partition coefficient (Wildman–Crippen LogP) is 2.13. The fourth-order valence-corrected chi connectivity index (χ4v) is 3.50. The molecule has 1 aliphatic heterocycles. The Balaban J connectivity index is 1.72. The van der Waals surface area contributed by atoms with Crippen molar-refractivity contribution in [1.29, 1.82) is 0 Å². The predicted molar refractivity (Wildman–Crippen MR) is 67.2 cm³/mol. The van der Waals surface area contributed by atoms with Crippen molar-refractivity contribution in [2.24, 2.45) is 11.8 Å². The summed E-state index contributed by atoms with van der Waals surface area (Å²) in [7, 11) is 0. The van der Waals surface area contributed by atoms with Gasteiger partial charge in [-0.25, -0.2) is 0 Å². The van der Waals surface area contributed by atoms with Crippen molar-refractivity contribution >= 4 is 23.2 Å². The van der Waals surface area contributed by atoms with Crippen molar-refractivity contribution in [2.45, 2.75) is 25.3 Å². The standard InChI is InChI=1S/C13H15NO3S/c15-12(9-6-10(9)13(16)17)14-4-1-2-11(14)8-3-5-18-7-8/h3,5,7,9-11H,1-2,4,6H2,(H,16,17)/t9-,10-,11-/m1/s1. The Bertz CT molecular complexity index is 471. The van der Waals surface area contributed by atoms with E-state index in [1.54, 1.807) is 11.3 Å². The highest BCUT2D eigenvalue weighted by atomic mass is 32.1. The maximum Gasteiger partial charge on any atom is 0.307 e. The van der Waals surface area contributed by atoms with Gasteiger partial charge in [-0.2, -0.15) is 11.3 Å². The quantitative estimate of drug-likeness (QED) is 0.911. The Kier molecular flexibility index (Phi) is 2.86. The van der Waals surface area contributed by atoms with Crippen molar-refractivity contribution < 1.29 is 14.7 Å². The minimum atomic E-state index is -0.834. The molecule has 2 aliphatic rings. The van der Waals surface area contributed by atoms with Crippen LogP contribution in [-0.2, 0) is 9.59 Å². The number of hydrogen-bond donors (Lipinski definition) is 1. The third-order valence-corrected chi connectivity index (χ3v) is 4.59. The van der Waals surface area contributed by atoms with E-state index < -0.39 is 11.9 Å². The average molecular weight is 265 g/mol. The smallest absolute Gasteiger partial charge is 0.307 e. The number of thiophene rings is 1. The van der Waals surface area contributed by atoms with Gasteiger partial charge in [0.05, 0.1) is 17.9 Å². The summed E-state index contributed by atoms with van der Waals surface area (Å²) in [5.74, 6) is -1.52. The molecule has 1 saturated carbocycles. The Labute approximate surface area is 109 Å². The van der Waals surface area contributed by atoms with Gasteiger partial charge in [-0.3, -0.25) is 9.59 Å². The lowest BCUT2D eigenvalue weighted by molar-refractivity contribution is -0.142. The highest BCUT2D eigenvalue weighted by Crippen LogP contribution is 2.43. The number of carboxylic acid groups (broad SMARTS) is 1. The van der Waals surface area contributed by atoms with Gasteiger partial charge in [-0.1, -0.05) is 0 Å². The molecule has 0 spiro atoms. The summed E-state index contributed by atoms with van der Waals surface area (Å²) in [4.78, 5) is 25.0. The van der Waals surface area contributed by atoms with Crippen molar-refractivity contribution in [2.75, 3.05) is 6.54 Å². The van der Waals surface area contributed by atoms with E-state index in [4.69, 9.17) is 5.11 Å². The monoisotopic (exact) mass is 265 g/mol. The molecule has 0 unspecified atom stereocenters. The van der Waals surface area contributed by atoms with Gasteiger partial charge < -0.3 is 10.0 Å². The first-order valence-electron chi connectivity index (χ1n) is 6.24. The molecule has 0 bridgehead atoms. The van der Waals surface area contributed by atoms with Gasteiger partial charge in [0, 0.05) is 6.54 Å². The van der Waals surface area contributed by atoms with Gasteiger partial charge in [0.2, 0.25) is 5.91 Å². The fraction of sp³-hybridized carbons (Fsp3) is 0.538. The van der Waals surface area contributed by atoms with Gasteiger partial charge in [0.1, 0.15) is 0 Å². The first-order chi connectivity index (χ1) is 8.68. The summed E-state index contributed by atoms with van der Waals surface area (Å²) in [6.07, 6.45) is 2.52. The zero-order chi connectivity index (χ0) is 12.7. The summed E-state index contributed by atoms with van der Waals surface area (Å²) in [5, 5.41) is 13.0. The molecule has 1 aromatic rings. The number of nitrogens with zero attached hydrogens (tertiary/aromatic N) is 1. The number of aliphatic carboxylic acids is 1. The van der Waals surface area contributed by atoms with E-state index in [2.05, 4.69) is 11.4 Å². The molecule has 18 heavy (non-hydrogen) atoms. The van der Waals surface area contributed by atoms with E-state index >= 15 is 0 Å². The number of carboxylic acids is 1. The highest BCUT2D eigenvalue weighted by molar-refractivity contribution is 7.07. The highest BCUT2D eigenvalue weighted by Gasteiger charge is 2.51. The van der Waals surface area contributed by atoms with Crippen LogP contribution in [0.4, 0.5) is 0 Å². The Morgan fingerprint density at radius 2 is 2.22 bits per heavy atom. The molecule has 5 heteroatoms. The number of likely N-dealkylation sites (tertiary alicyclic amines) is 1. The molecule has 96 valence electrons. The number of carbonyl (C=O) groups is 2. The zero-order valence-corrected chi connectivity index (χ0v) is 10.7. The first kappa shape index (κ1) is 11.7. The van der Waals surface area contributed by atoms with E-state index in [0.29, 0.717) is 6.42 Å². The largest absolute Gasteiger partial charge is 0.481 e. The maximum absolute atomic E-state index is 12.3. The second-order valence-corrected chi connectivity index (χ2v) is 5.81. The molecule has 1 N–H and O–H groups in total. The minimum Gasteiger partial charge on any atom is -0.481 e. The molecular weight excluding hydrogens is 250 g/mol. The molecule has 3 atom stereocenters. The second kappa shape index (κ2) is 4.39. The summed E-state index contributed by atoms with van der Waals surface area (Å²) < 4.78 is 0. The lowest BCUT2D eigenvalue weighted by Crippen LogP contribution is -2.32. The third-order valence-electron chi connectivity index (χ3n) is 3.89. The summed E-state index contributed by atoms with van der Waals surface area (Å²) in [6.45, 7) is 0.766. The van der Waals surface area contributed by atoms with Crippen LogP contribution < -0.4 is 0 Å². The van der Waals surface area contributed by atoms with E-state index in [9.17, 15) is 9.59 Å². The maximum atomic E-state index is 12.3. The summed E-state index contributed by atoms with van der Waals surface area (Å²) >= 11 is 1.64. The van der Waals surface area contributed by atoms with E-state index in [1.807, 2.05) is 10.3 Å². The van der Waals surface area contributed by atoms with Crippen LogP contribution in [0.2, 0.25) is 0 Å².